The Morgan fingerprint density at radius 3 is 2.50 bits per heavy atom. The van der Waals surface area contributed by atoms with E-state index >= 15 is 0 Å². The van der Waals surface area contributed by atoms with Crippen molar-refractivity contribution in [2.45, 2.75) is 19.4 Å². The number of benzene rings is 1. The van der Waals surface area contributed by atoms with Crippen LogP contribution in [0.3, 0.4) is 0 Å². The van der Waals surface area contributed by atoms with Crippen molar-refractivity contribution in [3.63, 3.8) is 0 Å². The highest BCUT2D eigenvalue weighted by molar-refractivity contribution is 5.97. The molecule has 0 spiro atoms. The van der Waals surface area contributed by atoms with Crippen LogP contribution in [0, 0.1) is 12.3 Å². The minimum atomic E-state index is -0.706. The van der Waals surface area contributed by atoms with Crippen molar-refractivity contribution in [2.75, 3.05) is 14.2 Å². The van der Waals surface area contributed by atoms with Crippen LogP contribution < -0.4 is 14.8 Å². The molecule has 4 nitrogen and oxygen atoms in total. The molecule has 1 N–H and O–H groups in total. The first-order chi connectivity index (χ1) is 8.43. The van der Waals surface area contributed by atoms with Crippen molar-refractivity contribution < 1.29 is 14.3 Å². The number of methoxy groups -OCH3 is 2. The molecule has 0 radical (unpaired) electrons. The van der Waals surface area contributed by atoms with Crippen molar-refractivity contribution in [2.24, 2.45) is 0 Å². The van der Waals surface area contributed by atoms with E-state index in [1.54, 1.807) is 39.2 Å². The maximum absolute atomic E-state index is 12.1. The second kappa shape index (κ2) is 5.46. The van der Waals surface area contributed by atoms with Gasteiger partial charge >= 0.3 is 0 Å². The Balaban J connectivity index is 3.03. The lowest BCUT2D eigenvalue weighted by molar-refractivity contribution is 0.0927. The van der Waals surface area contributed by atoms with Crippen LogP contribution in [0.25, 0.3) is 0 Å². The molecule has 0 bridgehead atoms. The third-order valence-corrected chi connectivity index (χ3v) is 2.44. The lowest BCUT2D eigenvalue weighted by Gasteiger charge is -2.20. The van der Waals surface area contributed by atoms with Gasteiger partial charge in [0, 0.05) is 6.07 Å². The quantitative estimate of drug-likeness (QED) is 0.826. The fraction of sp³-hybridized carbons (Fsp3) is 0.357. The molecular formula is C14H17NO3. The van der Waals surface area contributed by atoms with E-state index in [0.29, 0.717) is 17.1 Å². The maximum Gasteiger partial charge on any atom is 0.256 e. The summed E-state index contributed by atoms with van der Waals surface area (Å²) in [6.45, 7) is 3.50. The predicted octanol–water partition coefficient (Wildman–Crippen LogP) is 1.85. The van der Waals surface area contributed by atoms with Crippen molar-refractivity contribution >= 4 is 5.91 Å². The average molecular weight is 247 g/mol. The molecule has 0 atom stereocenters. The first-order valence-electron chi connectivity index (χ1n) is 5.46. The number of ether oxygens (including phenoxy) is 2. The molecule has 0 aliphatic carbocycles. The molecule has 1 aromatic rings. The van der Waals surface area contributed by atoms with Crippen LogP contribution in [-0.4, -0.2) is 25.7 Å². The smallest absolute Gasteiger partial charge is 0.256 e. The molecule has 18 heavy (non-hydrogen) atoms. The van der Waals surface area contributed by atoms with E-state index in [4.69, 9.17) is 15.9 Å². The molecule has 0 aliphatic rings. The number of carbonyl (C=O) groups is 1. The van der Waals surface area contributed by atoms with E-state index in [9.17, 15) is 4.79 Å². The topological polar surface area (TPSA) is 47.6 Å². The summed E-state index contributed by atoms with van der Waals surface area (Å²) in [4.78, 5) is 12.1. The van der Waals surface area contributed by atoms with Crippen LogP contribution >= 0.6 is 0 Å². The van der Waals surface area contributed by atoms with Crippen LogP contribution in [0.15, 0.2) is 18.2 Å². The first kappa shape index (κ1) is 13.9. The highest BCUT2D eigenvalue weighted by Crippen LogP contribution is 2.24. The fourth-order valence-corrected chi connectivity index (χ4v) is 1.37. The van der Waals surface area contributed by atoms with Crippen LogP contribution in [0.1, 0.15) is 24.2 Å². The molecule has 1 aromatic carbocycles. The van der Waals surface area contributed by atoms with Gasteiger partial charge in [0.2, 0.25) is 0 Å². The van der Waals surface area contributed by atoms with Gasteiger partial charge in [0.1, 0.15) is 11.5 Å². The van der Waals surface area contributed by atoms with Crippen LogP contribution in [0.5, 0.6) is 11.5 Å². The predicted molar refractivity (Wildman–Crippen MR) is 69.9 cm³/mol. The second-order valence-electron chi connectivity index (χ2n) is 4.29. The number of terminal acetylenes is 1. The largest absolute Gasteiger partial charge is 0.497 e. The van der Waals surface area contributed by atoms with Gasteiger partial charge in [-0.05, 0) is 26.0 Å². The van der Waals surface area contributed by atoms with Gasteiger partial charge in [0.25, 0.3) is 5.91 Å². The number of hydrogen-bond donors (Lipinski definition) is 1. The van der Waals surface area contributed by atoms with Gasteiger partial charge in [-0.25, -0.2) is 0 Å². The zero-order chi connectivity index (χ0) is 13.8. The SMILES string of the molecule is C#CC(C)(C)NC(=O)c1ccc(OC)cc1OC. The highest BCUT2D eigenvalue weighted by atomic mass is 16.5. The molecule has 0 unspecified atom stereocenters. The van der Waals surface area contributed by atoms with Gasteiger partial charge in [-0.3, -0.25) is 4.79 Å². The normalized spacial score (nSPS) is 10.4. The zero-order valence-electron chi connectivity index (χ0n) is 11.0. The molecular weight excluding hydrogens is 230 g/mol. The molecule has 1 amide bonds. The number of rotatable bonds is 4. The fourth-order valence-electron chi connectivity index (χ4n) is 1.37. The van der Waals surface area contributed by atoms with E-state index in [1.807, 2.05) is 0 Å². The number of carbonyl (C=O) groups excluding carboxylic acids is 1. The Kier molecular flexibility index (Phi) is 4.22. The van der Waals surface area contributed by atoms with Gasteiger partial charge in [-0.2, -0.15) is 0 Å². The Morgan fingerprint density at radius 2 is 2.00 bits per heavy atom. The summed E-state index contributed by atoms with van der Waals surface area (Å²) in [7, 11) is 3.05. The standard InChI is InChI=1S/C14H17NO3/c1-6-14(2,3)15-13(16)11-8-7-10(17-4)9-12(11)18-5/h1,7-9H,2-5H3,(H,15,16). The number of hydrogen-bond acceptors (Lipinski definition) is 3. The Morgan fingerprint density at radius 1 is 1.33 bits per heavy atom. The molecule has 0 aliphatic heterocycles. The molecule has 0 saturated carbocycles. The highest BCUT2D eigenvalue weighted by Gasteiger charge is 2.20. The summed E-state index contributed by atoms with van der Waals surface area (Å²) in [5.41, 5.74) is -0.288. The summed E-state index contributed by atoms with van der Waals surface area (Å²) < 4.78 is 10.2. The molecule has 96 valence electrons. The van der Waals surface area contributed by atoms with Gasteiger partial charge in [-0.1, -0.05) is 5.92 Å². The lowest BCUT2D eigenvalue weighted by Crippen LogP contribution is -2.42. The Labute approximate surface area is 107 Å². The van der Waals surface area contributed by atoms with Crippen LogP contribution in [0.2, 0.25) is 0 Å². The molecule has 0 heterocycles. The number of amides is 1. The third-order valence-electron chi connectivity index (χ3n) is 2.44. The Hall–Kier alpha value is -2.15. The Bertz CT molecular complexity index is 486. The lowest BCUT2D eigenvalue weighted by atomic mass is 10.1. The average Bonchev–Trinajstić information content (AvgIpc) is 2.37. The van der Waals surface area contributed by atoms with Gasteiger partial charge < -0.3 is 14.8 Å². The molecule has 0 aromatic heterocycles. The minimum Gasteiger partial charge on any atom is -0.497 e. The summed E-state index contributed by atoms with van der Waals surface area (Å²) in [6, 6.07) is 4.98. The zero-order valence-corrected chi connectivity index (χ0v) is 11.0. The maximum atomic E-state index is 12.1. The third kappa shape index (κ3) is 3.17. The van der Waals surface area contributed by atoms with Crippen molar-refractivity contribution in [1.82, 2.24) is 5.32 Å². The second-order valence-corrected chi connectivity index (χ2v) is 4.29. The van der Waals surface area contributed by atoms with E-state index in [-0.39, 0.29) is 5.91 Å². The van der Waals surface area contributed by atoms with E-state index in [1.165, 1.54) is 7.11 Å². The minimum absolute atomic E-state index is 0.280. The van der Waals surface area contributed by atoms with E-state index in [2.05, 4.69) is 11.2 Å². The van der Waals surface area contributed by atoms with Crippen LogP contribution in [0.4, 0.5) is 0 Å². The summed E-state index contributed by atoms with van der Waals surface area (Å²) in [5, 5.41) is 2.74. The summed E-state index contributed by atoms with van der Waals surface area (Å²) in [5.74, 6) is 3.29. The summed E-state index contributed by atoms with van der Waals surface area (Å²) >= 11 is 0. The van der Waals surface area contributed by atoms with Crippen molar-refractivity contribution in [3.05, 3.63) is 23.8 Å². The molecule has 0 fully saturated rings. The van der Waals surface area contributed by atoms with Gasteiger partial charge in [0.15, 0.2) is 0 Å². The molecule has 1 rings (SSSR count). The molecule has 0 saturated heterocycles. The van der Waals surface area contributed by atoms with Crippen molar-refractivity contribution in [3.8, 4) is 23.8 Å². The van der Waals surface area contributed by atoms with Crippen LogP contribution in [-0.2, 0) is 0 Å². The first-order valence-corrected chi connectivity index (χ1v) is 5.46. The monoisotopic (exact) mass is 247 g/mol. The number of nitrogens with one attached hydrogen (secondary N) is 1. The van der Waals surface area contributed by atoms with Gasteiger partial charge in [-0.15, -0.1) is 6.42 Å². The van der Waals surface area contributed by atoms with E-state index < -0.39 is 5.54 Å². The van der Waals surface area contributed by atoms with Crippen molar-refractivity contribution in [1.29, 1.82) is 0 Å². The van der Waals surface area contributed by atoms with E-state index in [0.717, 1.165) is 0 Å². The van der Waals surface area contributed by atoms with Gasteiger partial charge in [0.05, 0.1) is 25.3 Å². The summed E-state index contributed by atoms with van der Waals surface area (Å²) in [6.07, 6.45) is 5.33. The molecule has 4 heteroatoms.